The van der Waals surface area contributed by atoms with E-state index in [0.717, 1.165) is 31.5 Å². The minimum atomic E-state index is 0.194. The second-order valence-corrected chi connectivity index (χ2v) is 4.45. The predicted octanol–water partition coefficient (Wildman–Crippen LogP) is 1.87. The molecular weight excluding hydrogens is 230 g/mol. The maximum atomic E-state index is 12.0. The lowest BCUT2D eigenvalue weighted by Gasteiger charge is -2.15. The van der Waals surface area contributed by atoms with Gasteiger partial charge in [0.2, 0.25) is 5.91 Å². The molecule has 4 heteroatoms. The molecular formula is C14H19NO3. The van der Waals surface area contributed by atoms with Crippen LogP contribution in [0.1, 0.15) is 18.4 Å². The molecule has 0 unspecified atom stereocenters. The molecule has 4 nitrogen and oxygen atoms in total. The first kappa shape index (κ1) is 12.7. The van der Waals surface area contributed by atoms with Crippen LogP contribution in [0.5, 0.6) is 11.5 Å². The lowest BCUT2D eigenvalue weighted by atomic mass is 10.1. The van der Waals surface area contributed by atoms with Crippen LogP contribution in [0.2, 0.25) is 0 Å². The third-order valence-corrected chi connectivity index (χ3v) is 3.26. The molecule has 1 aromatic rings. The van der Waals surface area contributed by atoms with Crippen molar-refractivity contribution < 1.29 is 14.3 Å². The molecule has 0 spiro atoms. The largest absolute Gasteiger partial charge is 0.493 e. The Kier molecular flexibility index (Phi) is 4.07. The zero-order valence-electron chi connectivity index (χ0n) is 10.9. The van der Waals surface area contributed by atoms with Gasteiger partial charge in [0.05, 0.1) is 20.6 Å². The maximum absolute atomic E-state index is 12.0. The number of hydrogen-bond acceptors (Lipinski definition) is 3. The number of nitrogens with zero attached hydrogens (tertiary/aromatic N) is 1. The number of carbonyl (C=O) groups is 1. The third kappa shape index (κ3) is 2.75. The highest BCUT2D eigenvalue weighted by atomic mass is 16.5. The first-order chi connectivity index (χ1) is 8.74. The Morgan fingerprint density at radius 1 is 1.17 bits per heavy atom. The second kappa shape index (κ2) is 5.76. The van der Waals surface area contributed by atoms with Crippen molar-refractivity contribution >= 4 is 5.91 Å². The topological polar surface area (TPSA) is 38.8 Å². The van der Waals surface area contributed by atoms with Gasteiger partial charge in [-0.05, 0) is 30.5 Å². The Morgan fingerprint density at radius 3 is 2.44 bits per heavy atom. The number of benzene rings is 1. The summed E-state index contributed by atoms with van der Waals surface area (Å²) in [5.74, 6) is 1.55. The molecule has 0 radical (unpaired) electrons. The summed E-state index contributed by atoms with van der Waals surface area (Å²) < 4.78 is 10.4. The van der Waals surface area contributed by atoms with Gasteiger partial charge in [0, 0.05) is 13.1 Å². The fourth-order valence-electron chi connectivity index (χ4n) is 2.24. The molecule has 1 fully saturated rings. The van der Waals surface area contributed by atoms with Crippen molar-refractivity contribution in [3.63, 3.8) is 0 Å². The van der Waals surface area contributed by atoms with Gasteiger partial charge in [-0.1, -0.05) is 6.07 Å². The van der Waals surface area contributed by atoms with Crippen LogP contribution in [-0.4, -0.2) is 38.1 Å². The minimum Gasteiger partial charge on any atom is -0.493 e. The van der Waals surface area contributed by atoms with Crippen LogP contribution in [0.3, 0.4) is 0 Å². The zero-order chi connectivity index (χ0) is 13.0. The van der Waals surface area contributed by atoms with Crippen molar-refractivity contribution in [3.8, 4) is 11.5 Å². The summed E-state index contributed by atoms with van der Waals surface area (Å²) in [7, 11) is 3.21. The molecule has 18 heavy (non-hydrogen) atoms. The summed E-state index contributed by atoms with van der Waals surface area (Å²) in [5.41, 5.74) is 0.963. The Labute approximate surface area is 107 Å². The van der Waals surface area contributed by atoms with Gasteiger partial charge >= 0.3 is 0 Å². The second-order valence-electron chi connectivity index (χ2n) is 4.45. The molecule has 1 heterocycles. The number of hydrogen-bond donors (Lipinski definition) is 0. The van der Waals surface area contributed by atoms with Crippen molar-refractivity contribution in [1.82, 2.24) is 4.90 Å². The highest BCUT2D eigenvalue weighted by Crippen LogP contribution is 2.28. The van der Waals surface area contributed by atoms with Crippen LogP contribution in [0, 0.1) is 0 Å². The van der Waals surface area contributed by atoms with E-state index < -0.39 is 0 Å². The molecule has 1 saturated heterocycles. The summed E-state index contributed by atoms with van der Waals surface area (Å²) >= 11 is 0. The number of methoxy groups -OCH3 is 2. The van der Waals surface area contributed by atoms with E-state index in [9.17, 15) is 4.79 Å². The van der Waals surface area contributed by atoms with Crippen LogP contribution >= 0.6 is 0 Å². The molecule has 1 aromatic carbocycles. The van der Waals surface area contributed by atoms with Crippen LogP contribution in [0.4, 0.5) is 0 Å². The Bertz CT molecular complexity index is 425. The highest BCUT2D eigenvalue weighted by molar-refractivity contribution is 5.79. The molecule has 0 aliphatic carbocycles. The van der Waals surface area contributed by atoms with Crippen molar-refractivity contribution in [1.29, 1.82) is 0 Å². The highest BCUT2D eigenvalue weighted by Gasteiger charge is 2.18. The predicted molar refractivity (Wildman–Crippen MR) is 69.1 cm³/mol. The van der Waals surface area contributed by atoms with Gasteiger partial charge in [-0.2, -0.15) is 0 Å². The molecule has 0 saturated carbocycles. The number of likely N-dealkylation sites (tertiary alicyclic amines) is 1. The standard InChI is InChI=1S/C14H19NO3/c1-17-12-6-5-11(9-13(12)18-2)10-14(16)15-7-3-4-8-15/h5-6,9H,3-4,7-8,10H2,1-2H3. The summed E-state index contributed by atoms with van der Waals surface area (Å²) in [6.45, 7) is 1.79. The van der Waals surface area contributed by atoms with E-state index in [2.05, 4.69) is 0 Å². The van der Waals surface area contributed by atoms with Gasteiger partial charge in [0.15, 0.2) is 11.5 Å². The van der Waals surface area contributed by atoms with E-state index in [0.29, 0.717) is 17.9 Å². The Morgan fingerprint density at radius 2 is 1.83 bits per heavy atom. The summed E-state index contributed by atoms with van der Waals surface area (Å²) in [5, 5.41) is 0. The average Bonchev–Trinajstić information content (AvgIpc) is 2.92. The Balaban J connectivity index is 2.06. The molecule has 0 N–H and O–H groups in total. The summed E-state index contributed by atoms with van der Waals surface area (Å²) in [6, 6.07) is 5.62. The molecule has 0 atom stereocenters. The molecule has 0 aromatic heterocycles. The average molecular weight is 249 g/mol. The zero-order valence-corrected chi connectivity index (χ0v) is 10.9. The van der Waals surface area contributed by atoms with E-state index in [1.54, 1.807) is 14.2 Å². The third-order valence-electron chi connectivity index (χ3n) is 3.26. The van der Waals surface area contributed by atoms with Crippen LogP contribution in [0.15, 0.2) is 18.2 Å². The molecule has 98 valence electrons. The number of amides is 1. The number of carbonyl (C=O) groups excluding carboxylic acids is 1. The van der Waals surface area contributed by atoms with Crippen molar-refractivity contribution in [2.75, 3.05) is 27.3 Å². The lowest BCUT2D eigenvalue weighted by Crippen LogP contribution is -2.29. The molecule has 1 aliphatic rings. The first-order valence-electron chi connectivity index (χ1n) is 6.23. The maximum Gasteiger partial charge on any atom is 0.226 e. The smallest absolute Gasteiger partial charge is 0.226 e. The molecule has 0 bridgehead atoms. The van der Waals surface area contributed by atoms with E-state index in [1.807, 2.05) is 23.1 Å². The van der Waals surface area contributed by atoms with E-state index in [4.69, 9.17) is 9.47 Å². The van der Waals surface area contributed by atoms with Crippen LogP contribution in [-0.2, 0) is 11.2 Å². The van der Waals surface area contributed by atoms with Gasteiger partial charge in [0.25, 0.3) is 0 Å². The van der Waals surface area contributed by atoms with Crippen LogP contribution in [0.25, 0.3) is 0 Å². The number of ether oxygens (including phenoxy) is 2. The SMILES string of the molecule is COc1ccc(CC(=O)N2CCCC2)cc1OC. The van der Waals surface area contributed by atoms with Gasteiger partial charge in [-0.25, -0.2) is 0 Å². The first-order valence-corrected chi connectivity index (χ1v) is 6.23. The Hall–Kier alpha value is -1.71. The quantitative estimate of drug-likeness (QED) is 0.817. The number of rotatable bonds is 4. The molecule has 1 amide bonds. The van der Waals surface area contributed by atoms with Crippen molar-refractivity contribution in [2.24, 2.45) is 0 Å². The van der Waals surface area contributed by atoms with Gasteiger partial charge in [-0.3, -0.25) is 4.79 Å². The van der Waals surface area contributed by atoms with E-state index in [-0.39, 0.29) is 5.91 Å². The van der Waals surface area contributed by atoms with Gasteiger partial charge in [-0.15, -0.1) is 0 Å². The molecule has 1 aliphatic heterocycles. The van der Waals surface area contributed by atoms with Crippen molar-refractivity contribution in [3.05, 3.63) is 23.8 Å². The summed E-state index contributed by atoms with van der Waals surface area (Å²) in [6.07, 6.45) is 2.68. The summed E-state index contributed by atoms with van der Waals surface area (Å²) in [4.78, 5) is 13.9. The van der Waals surface area contributed by atoms with Crippen molar-refractivity contribution in [2.45, 2.75) is 19.3 Å². The van der Waals surface area contributed by atoms with E-state index in [1.165, 1.54) is 0 Å². The van der Waals surface area contributed by atoms with Gasteiger partial charge < -0.3 is 14.4 Å². The minimum absolute atomic E-state index is 0.194. The monoisotopic (exact) mass is 249 g/mol. The van der Waals surface area contributed by atoms with Gasteiger partial charge in [0.1, 0.15) is 0 Å². The van der Waals surface area contributed by atoms with E-state index >= 15 is 0 Å². The lowest BCUT2D eigenvalue weighted by molar-refractivity contribution is -0.129. The van der Waals surface area contributed by atoms with Crippen LogP contribution < -0.4 is 9.47 Å². The fraction of sp³-hybridized carbons (Fsp3) is 0.500. The fourth-order valence-corrected chi connectivity index (χ4v) is 2.24. The normalized spacial score (nSPS) is 14.7. The molecule has 2 rings (SSSR count).